The van der Waals surface area contributed by atoms with Crippen molar-refractivity contribution in [2.75, 3.05) is 13.1 Å². The van der Waals surface area contributed by atoms with E-state index in [0.717, 1.165) is 25.7 Å². The third-order valence-electron chi connectivity index (χ3n) is 4.08. The second-order valence-electron chi connectivity index (χ2n) is 6.30. The molecule has 0 aromatic heterocycles. The molecule has 1 aliphatic heterocycles. The second-order valence-corrected chi connectivity index (χ2v) is 7.52. The van der Waals surface area contributed by atoms with E-state index in [0.29, 0.717) is 12.0 Å². The maximum atomic E-state index is 11.6. The van der Waals surface area contributed by atoms with Crippen LogP contribution in [0.15, 0.2) is 0 Å². The molecule has 1 N–H and O–H groups in total. The summed E-state index contributed by atoms with van der Waals surface area (Å²) in [6.45, 7) is 8.84. The minimum absolute atomic E-state index is 0.0570. The summed E-state index contributed by atoms with van der Waals surface area (Å²) in [5, 5.41) is -0.0570. The van der Waals surface area contributed by atoms with Crippen LogP contribution < -0.4 is 0 Å². The topological polar surface area (TPSA) is 40.5 Å². The third kappa shape index (κ3) is 6.37. The molecule has 1 aliphatic rings. The van der Waals surface area contributed by atoms with E-state index in [-0.39, 0.29) is 5.25 Å². The second kappa shape index (κ2) is 9.09. The predicted octanol–water partition coefficient (Wildman–Crippen LogP) is 3.67. The van der Waals surface area contributed by atoms with Gasteiger partial charge in [-0.15, -0.1) is 0 Å². The van der Waals surface area contributed by atoms with E-state index in [1.54, 1.807) is 0 Å². The first-order chi connectivity index (χ1) is 9.04. The van der Waals surface area contributed by atoms with Crippen LogP contribution in [0.4, 0.5) is 0 Å². The van der Waals surface area contributed by atoms with Gasteiger partial charge in [-0.05, 0) is 51.1 Å². The third-order valence-corrected chi connectivity index (χ3v) is 5.04. The monoisotopic (exact) mass is 289 g/mol. The molecular formula is C15H31NO2S. The van der Waals surface area contributed by atoms with E-state index >= 15 is 0 Å². The number of hydrogen-bond donors (Lipinski definition) is 1. The largest absolute Gasteiger partial charge is 0.306 e. The van der Waals surface area contributed by atoms with Crippen molar-refractivity contribution in [3.05, 3.63) is 0 Å². The lowest BCUT2D eigenvalue weighted by molar-refractivity contribution is 0.144. The fourth-order valence-electron chi connectivity index (χ4n) is 3.16. The lowest BCUT2D eigenvalue weighted by atomic mass is 9.97. The van der Waals surface area contributed by atoms with Crippen molar-refractivity contribution in [1.29, 1.82) is 0 Å². The van der Waals surface area contributed by atoms with E-state index in [4.69, 9.17) is 0 Å². The van der Waals surface area contributed by atoms with Gasteiger partial charge in [0.2, 0.25) is 0 Å². The smallest absolute Gasteiger partial charge is 0.156 e. The van der Waals surface area contributed by atoms with Crippen LogP contribution in [0.2, 0.25) is 0 Å². The molecule has 0 amide bonds. The van der Waals surface area contributed by atoms with Gasteiger partial charge in [0.15, 0.2) is 11.1 Å². The van der Waals surface area contributed by atoms with Crippen molar-refractivity contribution in [3.63, 3.8) is 0 Å². The Morgan fingerprint density at radius 1 is 1.16 bits per heavy atom. The Kier molecular flexibility index (Phi) is 8.19. The Morgan fingerprint density at radius 3 is 2.26 bits per heavy atom. The number of rotatable bonds is 8. The average molecular weight is 289 g/mol. The van der Waals surface area contributed by atoms with Crippen LogP contribution in [0.1, 0.15) is 65.7 Å². The number of hydrogen-bond acceptors (Lipinski definition) is 2. The van der Waals surface area contributed by atoms with Crippen LogP contribution in [0.3, 0.4) is 0 Å². The highest BCUT2D eigenvalue weighted by Gasteiger charge is 2.26. The molecule has 3 unspecified atom stereocenters. The van der Waals surface area contributed by atoms with Crippen molar-refractivity contribution in [1.82, 2.24) is 4.90 Å². The summed E-state index contributed by atoms with van der Waals surface area (Å²) in [4.78, 5) is 2.56. The first-order valence-electron chi connectivity index (χ1n) is 7.88. The van der Waals surface area contributed by atoms with E-state index in [9.17, 15) is 8.76 Å². The number of piperidine rings is 1. The van der Waals surface area contributed by atoms with Crippen LogP contribution in [0.5, 0.6) is 0 Å². The summed E-state index contributed by atoms with van der Waals surface area (Å²) in [6.07, 6.45) is 7.98. The highest BCUT2D eigenvalue weighted by atomic mass is 32.2. The number of likely N-dealkylation sites (tertiary alicyclic amines) is 1. The molecule has 1 heterocycles. The minimum atomic E-state index is -1.68. The summed E-state index contributed by atoms with van der Waals surface area (Å²) < 4.78 is 21.1. The van der Waals surface area contributed by atoms with Gasteiger partial charge < -0.3 is 9.45 Å². The molecule has 0 spiro atoms. The summed E-state index contributed by atoms with van der Waals surface area (Å²) in [5.74, 6) is 0.490. The number of nitrogens with zero attached hydrogens (tertiary/aromatic N) is 1. The first-order valence-corrected chi connectivity index (χ1v) is 9.05. The fourth-order valence-corrected chi connectivity index (χ4v) is 4.09. The lowest BCUT2D eigenvalue weighted by Crippen LogP contribution is -2.41. The molecule has 114 valence electrons. The van der Waals surface area contributed by atoms with E-state index in [1.807, 2.05) is 0 Å². The standard InChI is InChI=1S/C15H31NO2S/c1-4-8-14(16-9-6-5-7-10-16)12-15(19(17)18)11-13(2)3/h13-15H,4-12H2,1-3H3,(H,17,18). The highest BCUT2D eigenvalue weighted by Crippen LogP contribution is 2.23. The van der Waals surface area contributed by atoms with Gasteiger partial charge in [0.05, 0.1) is 5.25 Å². The Balaban J connectivity index is 2.60. The van der Waals surface area contributed by atoms with E-state index < -0.39 is 11.1 Å². The van der Waals surface area contributed by atoms with Gasteiger partial charge in [-0.2, -0.15) is 0 Å². The van der Waals surface area contributed by atoms with Gasteiger partial charge in [-0.3, -0.25) is 0 Å². The van der Waals surface area contributed by atoms with Crippen LogP contribution in [0, 0.1) is 5.92 Å². The van der Waals surface area contributed by atoms with Gasteiger partial charge in [0, 0.05) is 6.04 Å². The van der Waals surface area contributed by atoms with Crippen molar-refractivity contribution in [2.24, 2.45) is 5.92 Å². The van der Waals surface area contributed by atoms with Crippen molar-refractivity contribution in [3.8, 4) is 0 Å². The van der Waals surface area contributed by atoms with Crippen molar-refractivity contribution < 1.29 is 8.76 Å². The zero-order valence-electron chi connectivity index (χ0n) is 12.8. The zero-order chi connectivity index (χ0) is 14.3. The SMILES string of the molecule is CCCC(CC(CC(C)C)S(=O)O)N1CCCCC1. The van der Waals surface area contributed by atoms with Gasteiger partial charge in [-0.1, -0.05) is 33.6 Å². The molecule has 0 radical (unpaired) electrons. The summed E-state index contributed by atoms with van der Waals surface area (Å²) in [7, 11) is 0. The Bertz CT molecular complexity index is 265. The summed E-state index contributed by atoms with van der Waals surface area (Å²) in [6, 6.07) is 0.505. The molecule has 0 aromatic rings. The molecular weight excluding hydrogens is 258 g/mol. The normalized spacial score (nSPS) is 22.4. The molecule has 0 aromatic carbocycles. The fraction of sp³-hybridized carbons (Fsp3) is 1.00. The molecule has 4 heteroatoms. The van der Waals surface area contributed by atoms with E-state index in [2.05, 4.69) is 25.7 Å². The molecule has 0 saturated carbocycles. The average Bonchev–Trinajstić information content (AvgIpc) is 2.37. The molecule has 1 saturated heterocycles. The van der Waals surface area contributed by atoms with Crippen LogP contribution >= 0.6 is 0 Å². The molecule has 3 atom stereocenters. The highest BCUT2D eigenvalue weighted by molar-refractivity contribution is 7.79. The van der Waals surface area contributed by atoms with Gasteiger partial charge in [-0.25, -0.2) is 4.21 Å². The summed E-state index contributed by atoms with van der Waals surface area (Å²) >= 11 is -1.68. The lowest BCUT2D eigenvalue weighted by Gasteiger charge is -2.36. The van der Waals surface area contributed by atoms with Gasteiger partial charge in [0.25, 0.3) is 0 Å². The Labute approximate surface area is 121 Å². The van der Waals surface area contributed by atoms with Crippen molar-refractivity contribution >= 4 is 11.1 Å². The summed E-state index contributed by atoms with van der Waals surface area (Å²) in [5.41, 5.74) is 0. The molecule has 0 bridgehead atoms. The maximum absolute atomic E-state index is 11.6. The van der Waals surface area contributed by atoms with Crippen LogP contribution in [-0.2, 0) is 11.1 Å². The van der Waals surface area contributed by atoms with Crippen LogP contribution in [0.25, 0.3) is 0 Å². The molecule has 1 fully saturated rings. The van der Waals surface area contributed by atoms with Crippen LogP contribution in [-0.4, -0.2) is 38.0 Å². The maximum Gasteiger partial charge on any atom is 0.156 e. The molecule has 1 rings (SSSR count). The van der Waals surface area contributed by atoms with Gasteiger partial charge >= 0.3 is 0 Å². The zero-order valence-corrected chi connectivity index (χ0v) is 13.6. The van der Waals surface area contributed by atoms with Crippen molar-refractivity contribution in [2.45, 2.75) is 77.0 Å². The first kappa shape index (κ1) is 17.1. The predicted molar refractivity (Wildman–Crippen MR) is 82.8 cm³/mol. The quantitative estimate of drug-likeness (QED) is 0.693. The minimum Gasteiger partial charge on any atom is -0.306 e. The van der Waals surface area contributed by atoms with E-state index in [1.165, 1.54) is 32.4 Å². The Hall–Kier alpha value is 0.0700. The molecule has 19 heavy (non-hydrogen) atoms. The Morgan fingerprint density at radius 2 is 1.79 bits per heavy atom. The molecule has 0 aliphatic carbocycles. The van der Waals surface area contributed by atoms with Gasteiger partial charge in [0.1, 0.15) is 0 Å². The molecule has 3 nitrogen and oxygen atoms in total.